The number of hydrogen-bond donors (Lipinski definition) is 2. The Morgan fingerprint density at radius 2 is 2.13 bits per heavy atom. The van der Waals surface area contributed by atoms with E-state index in [1.54, 1.807) is 32.2 Å². The van der Waals surface area contributed by atoms with Crippen LogP contribution in [0.2, 0.25) is 0 Å². The van der Waals surface area contributed by atoms with Gasteiger partial charge in [-0.3, -0.25) is 4.79 Å². The van der Waals surface area contributed by atoms with E-state index in [0.29, 0.717) is 11.1 Å². The lowest BCUT2D eigenvalue weighted by Gasteiger charge is -2.15. The van der Waals surface area contributed by atoms with E-state index in [4.69, 9.17) is 0 Å². The predicted octanol–water partition coefficient (Wildman–Crippen LogP) is 1.69. The van der Waals surface area contributed by atoms with E-state index >= 15 is 0 Å². The number of hydrogen-bond acceptors (Lipinski definition) is 5. The van der Waals surface area contributed by atoms with Gasteiger partial charge in [0.1, 0.15) is 11.0 Å². The van der Waals surface area contributed by atoms with Crippen LogP contribution in [-0.2, 0) is 23.5 Å². The number of nitriles is 1. The van der Waals surface area contributed by atoms with Gasteiger partial charge in [-0.1, -0.05) is 30.2 Å². The molecule has 2 aromatic rings. The summed E-state index contributed by atoms with van der Waals surface area (Å²) in [6.07, 6.45) is 3.21. The highest BCUT2D eigenvalue weighted by atomic mass is 32.2. The second kappa shape index (κ2) is 8.29. The fourth-order valence-electron chi connectivity index (χ4n) is 3.40. The number of aromatic nitrogens is 1. The largest absolute Gasteiger partial charge is 0.378 e. The lowest BCUT2D eigenvalue weighted by atomic mass is 10.00. The maximum absolute atomic E-state index is 13.1. The monoisotopic (exact) mass is 423 g/mol. The van der Waals surface area contributed by atoms with Crippen LogP contribution in [-0.4, -0.2) is 36.0 Å². The summed E-state index contributed by atoms with van der Waals surface area (Å²) in [5.74, 6) is 4.80. The molecule has 2 unspecified atom stereocenters. The van der Waals surface area contributed by atoms with Crippen molar-refractivity contribution in [2.24, 2.45) is 7.05 Å². The molecule has 0 amide bonds. The minimum Gasteiger partial charge on any atom is -0.378 e. The smallest absolute Gasteiger partial charge is 0.243 e. The second-order valence-electron chi connectivity index (χ2n) is 7.07. The molecule has 1 aromatic heterocycles. The molecule has 1 aliphatic heterocycles. The van der Waals surface area contributed by atoms with Crippen LogP contribution in [0, 0.1) is 30.1 Å². The van der Waals surface area contributed by atoms with Crippen molar-refractivity contribution in [2.75, 3.05) is 0 Å². The number of Topliss-reactive ketones (excluding diaryl/α,β-unsaturated/α-hetero) is 1. The van der Waals surface area contributed by atoms with Crippen molar-refractivity contribution in [1.82, 2.24) is 9.29 Å². The molecule has 0 bridgehead atoms. The van der Waals surface area contributed by atoms with E-state index in [1.165, 1.54) is 22.9 Å². The fourth-order valence-corrected chi connectivity index (χ4v) is 4.84. The Morgan fingerprint density at radius 3 is 2.80 bits per heavy atom. The van der Waals surface area contributed by atoms with E-state index in [0.717, 1.165) is 5.56 Å². The van der Waals surface area contributed by atoms with Gasteiger partial charge in [0.05, 0.1) is 23.4 Å². The number of fused-ring (bicyclic) bond motifs is 1. The number of carbonyl (C=O) groups excluding carboxylic acids is 1. The van der Waals surface area contributed by atoms with Gasteiger partial charge < -0.3 is 9.67 Å². The molecule has 0 fully saturated rings. The molecular weight excluding hydrogens is 402 g/mol. The SMILES string of the molecule is CC#CC(O)C1C=Cc2c(cn(C)c2C(=O)Cc2ccc(C)c(C#N)c2)S(=O)(=O)N1. The van der Waals surface area contributed by atoms with Crippen molar-refractivity contribution in [1.29, 1.82) is 5.26 Å². The number of carbonyl (C=O) groups is 1. The third-order valence-electron chi connectivity index (χ3n) is 4.92. The first kappa shape index (κ1) is 21.5. The van der Waals surface area contributed by atoms with Crippen molar-refractivity contribution in [3.05, 3.63) is 58.4 Å². The van der Waals surface area contributed by atoms with E-state index in [9.17, 15) is 23.6 Å². The van der Waals surface area contributed by atoms with E-state index in [1.807, 2.05) is 6.92 Å². The molecule has 0 radical (unpaired) electrons. The molecule has 0 aliphatic carbocycles. The molecule has 3 rings (SSSR count). The summed E-state index contributed by atoms with van der Waals surface area (Å²) in [6.45, 7) is 3.37. The third kappa shape index (κ3) is 4.07. The van der Waals surface area contributed by atoms with Crippen LogP contribution < -0.4 is 4.72 Å². The Morgan fingerprint density at radius 1 is 1.40 bits per heavy atom. The van der Waals surface area contributed by atoms with Gasteiger partial charge in [-0.15, -0.1) is 5.92 Å². The summed E-state index contributed by atoms with van der Waals surface area (Å²) >= 11 is 0. The molecule has 154 valence electrons. The lowest BCUT2D eigenvalue weighted by Crippen LogP contribution is -2.40. The quantitative estimate of drug-likeness (QED) is 0.574. The Kier molecular flexibility index (Phi) is 5.95. The van der Waals surface area contributed by atoms with Gasteiger partial charge in [-0.25, -0.2) is 13.1 Å². The molecule has 30 heavy (non-hydrogen) atoms. The number of aryl methyl sites for hydroxylation is 2. The van der Waals surface area contributed by atoms with E-state index in [2.05, 4.69) is 22.6 Å². The molecule has 7 nitrogen and oxygen atoms in total. The van der Waals surface area contributed by atoms with Crippen LogP contribution in [0.25, 0.3) is 6.08 Å². The Hall–Kier alpha value is -3.17. The van der Waals surface area contributed by atoms with Crippen LogP contribution in [0.15, 0.2) is 35.4 Å². The summed E-state index contributed by atoms with van der Waals surface area (Å²) in [4.78, 5) is 13.0. The van der Waals surface area contributed by atoms with Crippen molar-refractivity contribution in [3.8, 4) is 17.9 Å². The van der Waals surface area contributed by atoms with Crippen LogP contribution in [0.3, 0.4) is 0 Å². The lowest BCUT2D eigenvalue weighted by molar-refractivity contribution is 0.0985. The highest BCUT2D eigenvalue weighted by molar-refractivity contribution is 7.89. The van der Waals surface area contributed by atoms with Gasteiger partial charge in [0.15, 0.2) is 5.78 Å². The number of benzene rings is 1. The summed E-state index contributed by atoms with van der Waals surface area (Å²) < 4.78 is 29.5. The molecule has 1 aliphatic rings. The molecule has 8 heteroatoms. The zero-order valence-electron chi connectivity index (χ0n) is 16.8. The van der Waals surface area contributed by atoms with Crippen LogP contribution in [0.1, 0.15) is 39.7 Å². The topological polar surface area (TPSA) is 112 Å². The minimum atomic E-state index is -3.97. The highest BCUT2D eigenvalue weighted by Gasteiger charge is 2.32. The molecule has 2 N–H and O–H groups in total. The Bertz CT molecular complexity index is 1250. The second-order valence-corrected chi connectivity index (χ2v) is 8.76. The first-order valence-corrected chi connectivity index (χ1v) is 10.7. The molecule has 2 atom stereocenters. The van der Waals surface area contributed by atoms with Crippen molar-refractivity contribution < 1.29 is 18.3 Å². The van der Waals surface area contributed by atoms with Gasteiger partial charge in [0.2, 0.25) is 10.0 Å². The van der Waals surface area contributed by atoms with Crippen LogP contribution >= 0.6 is 0 Å². The van der Waals surface area contributed by atoms with Gasteiger partial charge in [-0.05, 0) is 31.0 Å². The standard InChI is InChI=1S/C22H21N3O4S/c1-4-5-19(26)18-9-8-17-21(30(28,29)24-18)13-25(3)22(17)20(27)11-15-7-6-14(2)16(10-15)12-23/h6-10,13,18-19,24,26H,11H2,1-3H3. The van der Waals surface area contributed by atoms with E-state index in [-0.39, 0.29) is 28.4 Å². The van der Waals surface area contributed by atoms with Gasteiger partial charge in [-0.2, -0.15) is 5.26 Å². The molecule has 0 saturated heterocycles. The van der Waals surface area contributed by atoms with Crippen LogP contribution in [0.4, 0.5) is 0 Å². The zero-order valence-corrected chi connectivity index (χ0v) is 17.6. The first-order chi connectivity index (χ1) is 14.2. The number of nitrogens with one attached hydrogen (secondary N) is 1. The normalized spacial score (nSPS) is 17.8. The number of ketones is 1. The molecule has 2 heterocycles. The van der Waals surface area contributed by atoms with Crippen LogP contribution in [0.5, 0.6) is 0 Å². The molecule has 0 spiro atoms. The van der Waals surface area contributed by atoms with Crippen molar-refractivity contribution >= 4 is 21.9 Å². The average Bonchev–Trinajstić information content (AvgIpc) is 2.97. The number of sulfonamides is 1. The zero-order chi connectivity index (χ0) is 22.1. The van der Waals surface area contributed by atoms with Gasteiger partial charge >= 0.3 is 0 Å². The Labute approximate surface area is 175 Å². The maximum atomic E-state index is 13.1. The van der Waals surface area contributed by atoms with Crippen molar-refractivity contribution in [2.45, 2.75) is 37.3 Å². The Balaban J connectivity index is 2.02. The minimum absolute atomic E-state index is 0.0218. The number of rotatable bonds is 4. The molecule has 0 saturated carbocycles. The van der Waals surface area contributed by atoms with E-state index < -0.39 is 22.2 Å². The first-order valence-electron chi connectivity index (χ1n) is 9.21. The highest BCUT2D eigenvalue weighted by Crippen LogP contribution is 2.28. The fraction of sp³-hybridized carbons (Fsp3) is 0.273. The van der Waals surface area contributed by atoms with Gasteiger partial charge in [0, 0.05) is 25.2 Å². The number of aliphatic hydroxyl groups excluding tert-OH is 1. The maximum Gasteiger partial charge on any atom is 0.243 e. The summed E-state index contributed by atoms with van der Waals surface area (Å²) in [5, 5.41) is 19.3. The average molecular weight is 423 g/mol. The predicted molar refractivity (Wildman–Crippen MR) is 112 cm³/mol. The van der Waals surface area contributed by atoms with Gasteiger partial charge in [0.25, 0.3) is 0 Å². The summed E-state index contributed by atoms with van der Waals surface area (Å²) in [7, 11) is -2.36. The number of aliphatic hydroxyl groups is 1. The molecule has 1 aromatic carbocycles. The molecular formula is C22H21N3O4S. The summed E-state index contributed by atoms with van der Waals surface area (Å²) in [5.41, 5.74) is 2.49. The van der Waals surface area contributed by atoms with Crippen molar-refractivity contribution in [3.63, 3.8) is 0 Å². The third-order valence-corrected chi connectivity index (χ3v) is 6.41. The number of nitrogens with zero attached hydrogens (tertiary/aromatic N) is 2. The summed E-state index contributed by atoms with van der Waals surface area (Å²) in [6, 6.07) is 6.39.